The van der Waals surface area contributed by atoms with Gasteiger partial charge in [-0.2, -0.15) is 0 Å². The van der Waals surface area contributed by atoms with E-state index in [1.165, 1.54) is 16.7 Å². The van der Waals surface area contributed by atoms with Crippen molar-refractivity contribution in [3.8, 4) is 0 Å². The SMILES string of the molecule is O=C(O)CCCCCc1ccccc1CCc1ccccc1. The monoisotopic (exact) mass is 296 g/mol. The molecule has 0 saturated carbocycles. The standard InChI is InChI=1S/C20H24O2/c21-20(22)14-6-2-5-11-18-12-7-8-13-19(18)16-15-17-9-3-1-4-10-17/h1,3-4,7-10,12-13H,2,5-6,11,14-16H2,(H,21,22). The molecule has 0 amide bonds. The Bertz CT molecular complexity index is 575. The molecule has 0 atom stereocenters. The Balaban J connectivity index is 1.83. The number of benzene rings is 2. The molecule has 0 aromatic heterocycles. The van der Waals surface area contributed by atoms with Gasteiger partial charge in [-0.1, -0.05) is 61.0 Å². The van der Waals surface area contributed by atoms with Gasteiger partial charge in [0.1, 0.15) is 0 Å². The normalized spacial score (nSPS) is 10.5. The summed E-state index contributed by atoms with van der Waals surface area (Å²) in [7, 11) is 0. The predicted molar refractivity (Wildman–Crippen MR) is 90.1 cm³/mol. The fourth-order valence-electron chi connectivity index (χ4n) is 2.74. The van der Waals surface area contributed by atoms with Gasteiger partial charge in [0.15, 0.2) is 0 Å². The van der Waals surface area contributed by atoms with Crippen LogP contribution in [0.3, 0.4) is 0 Å². The van der Waals surface area contributed by atoms with Crippen LogP contribution in [0.5, 0.6) is 0 Å². The Kier molecular flexibility index (Phi) is 6.69. The van der Waals surface area contributed by atoms with Crippen LogP contribution in [0.1, 0.15) is 42.4 Å². The molecule has 0 aliphatic rings. The second-order valence-corrected chi connectivity index (χ2v) is 5.71. The Morgan fingerprint density at radius 3 is 2.05 bits per heavy atom. The van der Waals surface area contributed by atoms with Crippen LogP contribution < -0.4 is 0 Å². The first-order chi connectivity index (χ1) is 10.8. The van der Waals surface area contributed by atoms with Gasteiger partial charge >= 0.3 is 5.97 Å². The molecular formula is C20H24O2. The minimum absolute atomic E-state index is 0.287. The second kappa shape index (κ2) is 9.04. The summed E-state index contributed by atoms with van der Waals surface area (Å²) in [4.78, 5) is 10.5. The average Bonchev–Trinajstić information content (AvgIpc) is 2.54. The molecule has 116 valence electrons. The van der Waals surface area contributed by atoms with Crippen LogP contribution in [0, 0.1) is 0 Å². The summed E-state index contributed by atoms with van der Waals surface area (Å²) < 4.78 is 0. The molecular weight excluding hydrogens is 272 g/mol. The van der Waals surface area contributed by atoms with Crippen LogP contribution in [0.2, 0.25) is 0 Å². The van der Waals surface area contributed by atoms with Crippen molar-refractivity contribution in [1.29, 1.82) is 0 Å². The number of carbonyl (C=O) groups is 1. The summed E-state index contributed by atoms with van der Waals surface area (Å²) in [5.41, 5.74) is 4.21. The maximum absolute atomic E-state index is 10.5. The van der Waals surface area contributed by atoms with E-state index in [0.717, 1.165) is 38.5 Å². The predicted octanol–water partition coefficient (Wildman–Crippen LogP) is 4.66. The molecule has 0 fully saturated rings. The maximum Gasteiger partial charge on any atom is 0.303 e. The van der Waals surface area contributed by atoms with Crippen molar-refractivity contribution in [3.63, 3.8) is 0 Å². The first kappa shape index (κ1) is 16.3. The number of aliphatic carboxylic acids is 1. The van der Waals surface area contributed by atoms with E-state index in [-0.39, 0.29) is 6.42 Å². The van der Waals surface area contributed by atoms with E-state index in [4.69, 9.17) is 5.11 Å². The summed E-state index contributed by atoms with van der Waals surface area (Å²) in [5, 5.41) is 8.65. The quantitative estimate of drug-likeness (QED) is 0.683. The highest BCUT2D eigenvalue weighted by Gasteiger charge is 2.03. The van der Waals surface area contributed by atoms with Crippen LogP contribution in [0.4, 0.5) is 0 Å². The van der Waals surface area contributed by atoms with E-state index in [2.05, 4.69) is 54.6 Å². The van der Waals surface area contributed by atoms with Gasteiger partial charge in [0, 0.05) is 6.42 Å². The molecule has 2 nitrogen and oxygen atoms in total. The van der Waals surface area contributed by atoms with Crippen LogP contribution in [0.25, 0.3) is 0 Å². The minimum atomic E-state index is -0.691. The molecule has 22 heavy (non-hydrogen) atoms. The van der Waals surface area contributed by atoms with Gasteiger partial charge in [0.2, 0.25) is 0 Å². The molecule has 0 unspecified atom stereocenters. The lowest BCUT2D eigenvalue weighted by atomic mass is 9.96. The van der Waals surface area contributed by atoms with Crippen molar-refractivity contribution in [3.05, 3.63) is 71.3 Å². The van der Waals surface area contributed by atoms with E-state index < -0.39 is 5.97 Å². The number of unbranched alkanes of at least 4 members (excludes halogenated alkanes) is 2. The zero-order chi connectivity index (χ0) is 15.6. The molecule has 2 rings (SSSR count). The van der Waals surface area contributed by atoms with Crippen molar-refractivity contribution in [2.24, 2.45) is 0 Å². The second-order valence-electron chi connectivity index (χ2n) is 5.71. The van der Waals surface area contributed by atoms with E-state index in [0.29, 0.717) is 0 Å². The summed E-state index contributed by atoms with van der Waals surface area (Å²) >= 11 is 0. The summed E-state index contributed by atoms with van der Waals surface area (Å²) in [6.07, 6.45) is 6.29. The number of carboxylic acids is 1. The summed E-state index contributed by atoms with van der Waals surface area (Å²) in [5.74, 6) is -0.691. The lowest BCUT2D eigenvalue weighted by Gasteiger charge is -2.09. The molecule has 0 heterocycles. The van der Waals surface area contributed by atoms with Crippen molar-refractivity contribution in [2.45, 2.75) is 44.9 Å². The van der Waals surface area contributed by atoms with Gasteiger partial charge in [-0.15, -0.1) is 0 Å². The lowest BCUT2D eigenvalue weighted by Crippen LogP contribution is -1.98. The third kappa shape index (κ3) is 5.72. The largest absolute Gasteiger partial charge is 0.481 e. The minimum Gasteiger partial charge on any atom is -0.481 e. The van der Waals surface area contributed by atoms with Crippen LogP contribution >= 0.6 is 0 Å². The van der Waals surface area contributed by atoms with Gasteiger partial charge in [0.25, 0.3) is 0 Å². The maximum atomic E-state index is 10.5. The highest BCUT2D eigenvalue weighted by atomic mass is 16.4. The summed E-state index contributed by atoms with van der Waals surface area (Å²) in [6.45, 7) is 0. The zero-order valence-electron chi connectivity index (χ0n) is 13.0. The molecule has 0 radical (unpaired) electrons. The van der Waals surface area contributed by atoms with Gasteiger partial charge in [-0.25, -0.2) is 0 Å². The fourth-order valence-corrected chi connectivity index (χ4v) is 2.74. The molecule has 2 aromatic carbocycles. The van der Waals surface area contributed by atoms with Gasteiger partial charge in [-0.3, -0.25) is 4.79 Å². The third-order valence-electron chi connectivity index (χ3n) is 3.98. The Morgan fingerprint density at radius 2 is 1.36 bits per heavy atom. The topological polar surface area (TPSA) is 37.3 Å². The molecule has 1 N–H and O–H groups in total. The van der Waals surface area contributed by atoms with Crippen molar-refractivity contribution < 1.29 is 9.90 Å². The van der Waals surface area contributed by atoms with Crippen molar-refractivity contribution >= 4 is 5.97 Å². The first-order valence-corrected chi connectivity index (χ1v) is 8.08. The molecule has 0 aliphatic carbocycles. The Hall–Kier alpha value is -2.09. The fraction of sp³-hybridized carbons (Fsp3) is 0.350. The Labute approximate surface area is 132 Å². The number of hydrogen-bond donors (Lipinski definition) is 1. The number of aryl methyl sites for hydroxylation is 3. The highest BCUT2D eigenvalue weighted by Crippen LogP contribution is 2.16. The molecule has 0 bridgehead atoms. The van der Waals surface area contributed by atoms with E-state index in [1.54, 1.807) is 0 Å². The van der Waals surface area contributed by atoms with E-state index in [1.807, 2.05) is 0 Å². The average molecular weight is 296 g/mol. The van der Waals surface area contributed by atoms with Crippen molar-refractivity contribution in [2.75, 3.05) is 0 Å². The molecule has 0 spiro atoms. The van der Waals surface area contributed by atoms with E-state index >= 15 is 0 Å². The Morgan fingerprint density at radius 1 is 0.727 bits per heavy atom. The van der Waals surface area contributed by atoms with E-state index in [9.17, 15) is 4.79 Å². The van der Waals surface area contributed by atoms with Gasteiger partial charge in [0.05, 0.1) is 0 Å². The van der Waals surface area contributed by atoms with Gasteiger partial charge in [-0.05, 0) is 48.8 Å². The van der Waals surface area contributed by atoms with Crippen molar-refractivity contribution in [1.82, 2.24) is 0 Å². The van der Waals surface area contributed by atoms with Crippen LogP contribution in [-0.2, 0) is 24.1 Å². The molecule has 2 heteroatoms. The van der Waals surface area contributed by atoms with Gasteiger partial charge < -0.3 is 5.11 Å². The zero-order valence-corrected chi connectivity index (χ0v) is 13.0. The third-order valence-corrected chi connectivity index (χ3v) is 3.98. The van der Waals surface area contributed by atoms with Crippen LogP contribution in [0.15, 0.2) is 54.6 Å². The number of carboxylic acid groups (broad SMARTS) is 1. The molecule has 0 saturated heterocycles. The van der Waals surface area contributed by atoms with Crippen LogP contribution in [-0.4, -0.2) is 11.1 Å². The highest BCUT2D eigenvalue weighted by molar-refractivity contribution is 5.66. The first-order valence-electron chi connectivity index (χ1n) is 8.08. The smallest absolute Gasteiger partial charge is 0.303 e. The summed E-state index contributed by atoms with van der Waals surface area (Å²) in [6, 6.07) is 19.2. The number of rotatable bonds is 9. The molecule has 0 aliphatic heterocycles. The molecule has 2 aromatic rings. The number of hydrogen-bond acceptors (Lipinski definition) is 1. The lowest BCUT2D eigenvalue weighted by molar-refractivity contribution is -0.137.